The third-order valence-corrected chi connectivity index (χ3v) is 5.93. The molecule has 0 saturated carbocycles. The van der Waals surface area contributed by atoms with Crippen molar-refractivity contribution >= 4 is 11.4 Å². The van der Waals surface area contributed by atoms with Crippen molar-refractivity contribution < 1.29 is 9.53 Å². The van der Waals surface area contributed by atoms with E-state index in [4.69, 9.17) is 9.84 Å². The monoisotopic (exact) mass is 427 g/mol. The Labute approximate surface area is 186 Å². The molecule has 1 amide bonds. The van der Waals surface area contributed by atoms with Crippen molar-refractivity contribution in [3.05, 3.63) is 78.2 Å². The first-order chi connectivity index (χ1) is 15.7. The quantitative estimate of drug-likeness (QED) is 0.464. The first-order valence-electron chi connectivity index (χ1n) is 11.0. The summed E-state index contributed by atoms with van der Waals surface area (Å²) < 4.78 is 7.63. The lowest BCUT2D eigenvalue weighted by Crippen LogP contribution is -2.39. The SMILES string of the molecule is CCc1cnc(OC[C@@H]2CCCN2C(=O)c2c(-c3ccccc3)nn3ccccc23)nc1. The molecule has 0 spiro atoms. The van der Waals surface area contributed by atoms with E-state index < -0.39 is 0 Å². The summed E-state index contributed by atoms with van der Waals surface area (Å²) in [6.07, 6.45) is 8.15. The molecular weight excluding hydrogens is 402 g/mol. The van der Waals surface area contributed by atoms with Gasteiger partial charge >= 0.3 is 6.01 Å². The number of likely N-dealkylation sites (tertiary alicyclic amines) is 1. The second-order valence-electron chi connectivity index (χ2n) is 7.95. The first kappa shape index (κ1) is 20.2. The average molecular weight is 428 g/mol. The van der Waals surface area contributed by atoms with E-state index >= 15 is 0 Å². The van der Waals surface area contributed by atoms with Crippen LogP contribution in [0, 0.1) is 0 Å². The van der Waals surface area contributed by atoms with Crippen LogP contribution in [-0.2, 0) is 6.42 Å². The zero-order valence-electron chi connectivity index (χ0n) is 18.0. The summed E-state index contributed by atoms with van der Waals surface area (Å²) in [6.45, 7) is 3.13. The van der Waals surface area contributed by atoms with Gasteiger partial charge in [-0.05, 0) is 37.0 Å². The number of rotatable bonds is 6. The molecule has 0 unspecified atom stereocenters. The minimum Gasteiger partial charge on any atom is -0.461 e. The van der Waals surface area contributed by atoms with Gasteiger partial charge in [-0.3, -0.25) is 4.79 Å². The van der Waals surface area contributed by atoms with Crippen LogP contribution in [0.1, 0.15) is 35.7 Å². The van der Waals surface area contributed by atoms with Gasteiger partial charge in [0.15, 0.2) is 0 Å². The van der Waals surface area contributed by atoms with Crippen molar-refractivity contribution in [1.82, 2.24) is 24.5 Å². The molecule has 4 aromatic rings. The molecule has 1 saturated heterocycles. The van der Waals surface area contributed by atoms with Crippen molar-refractivity contribution in [1.29, 1.82) is 0 Å². The summed E-state index contributed by atoms with van der Waals surface area (Å²) in [6, 6.07) is 16.0. The minimum atomic E-state index is -0.0285. The number of ether oxygens (including phenoxy) is 1. The highest BCUT2D eigenvalue weighted by atomic mass is 16.5. The van der Waals surface area contributed by atoms with Gasteiger partial charge in [-0.15, -0.1) is 0 Å². The highest BCUT2D eigenvalue weighted by Gasteiger charge is 2.33. The second-order valence-corrected chi connectivity index (χ2v) is 7.95. The maximum atomic E-state index is 13.8. The van der Waals surface area contributed by atoms with Gasteiger partial charge in [0.2, 0.25) is 0 Å². The average Bonchev–Trinajstić information content (AvgIpc) is 3.48. The van der Waals surface area contributed by atoms with E-state index in [1.807, 2.05) is 59.6 Å². The van der Waals surface area contributed by atoms with Gasteiger partial charge in [-0.25, -0.2) is 14.5 Å². The molecule has 1 aliphatic heterocycles. The predicted molar refractivity (Wildman–Crippen MR) is 122 cm³/mol. The smallest absolute Gasteiger partial charge is 0.316 e. The molecule has 0 bridgehead atoms. The normalized spacial score (nSPS) is 15.9. The number of carbonyl (C=O) groups is 1. The summed E-state index contributed by atoms with van der Waals surface area (Å²) in [7, 11) is 0. The number of nitrogens with zero attached hydrogens (tertiary/aromatic N) is 5. The van der Waals surface area contributed by atoms with E-state index in [1.165, 1.54) is 0 Å². The van der Waals surface area contributed by atoms with Crippen LogP contribution in [0.4, 0.5) is 0 Å². The van der Waals surface area contributed by atoms with Crippen LogP contribution < -0.4 is 4.74 Å². The third-order valence-electron chi connectivity index (χ3n) is 5.93. The topological polar surface area (TPSA) is 72.6 Å². The van der Waals surface area contributed by atoms with Gasteiger partial charge in [0.25, 0.3) is 5.91 Å². The molecule has 7 heteroatoms. The number of pyridine rings is 1. The Morgan fingerprint density at radius 3 is 2.66 bits per heavy atom. The Bertz CT molecular complexity index is 1220. The first-order valence-corrected chi connectivity index (χ1v) is 11.0. The lowest BCUT2D eigenvalue weighted by Gasteiger charge is -2.24. The standard InChI is InChI=1S/C25H25N5O2/c1-2-18-15-26-25(27-16-18)32-17-20-11-8-13-29(20)24(31)22-21-12-6-7-14-30(21)28-23(22)19-9-4-3-5-10-19/h3-7,9-10,12,14-16,20H,2,8,11,13,17H2,1H3/t20-/m0/s1. The number of amides is 1. The Balaban J connectivity index is 1.42. The highest BCUT2D eigenvalue weighted by Crippen LogP contribution is 2.30. The summed E-state index contributed by atoms with van der Waals surface area (Å²) in [5, 5.41) is 4.73. The molecular formula is C25H25N5O2. The molecule has 3 aromatic heterocycles. The fourth-order valence-electron chi connectivity index (χ4n) is 4.20. The van der Waals surface area contributed by atoms with Gasteiger partial charge in [0.05, 0.1) is 17.1 Å². The molecule has 5 rings (SSSR count). The Morgan fingerprint density at radius 1 is 1.09 bits per heavy atom. The van der Waals surface area contributed by atoms with Gasteiger partial charge in [0.1, 0.15) is 12.3 Å². The lowest BCUT2D eigenvalue weighted by molar-refractivity contribution is 0.0689. The molecule has 162 valence electrons. The summed E-state index contributed by atoms with van der Waals surface area (Å²) >= 11 is 0. The molecule has 1 aromatic carbocycles. The van der Waals surface area contributed by atoms with Gasteiger partial charge in [0, 0.05) is 30.7 Å². The maximum Gasteiger partial charge on any atom is 0.316 e. The maximum absolute atomic E-state index is 13.8. The molecule has 1 atom stereocenters. The zero-order valence-corrected chi connectivity index (χ0v) is 18.0. The van der Waals surface area contributed by atoms with Crippen LogP contribution in [0.2, 0.25) is 0 Å². The number of aryl methyl sites for hydroxylation is 1. The third kappa shape index (κ3) is 3.82. The Kier molecular flexibility index (Phi) is 5.54. The number of hydrogen-bond donors (Lipinski definition) is 0. The largest absolute Gasteiger partial charge is 0.461 e. The second kappa shape index (κ2) is 8.78. The van der Waals surface area contributed by atoms with Crippen molar-refractivity contribution in [2.24, 2.45) is 0 Å². The summed E-state index contributed by atoms with van der Waals surface area (Å²) in [4.78, 5) is 24.3. The van der Waals surface area contributed by atoms with E-state index in [0.29, 0.717) is 30.4 Å². The van der Waals surface area contributed by atoms with Crippen molar-refractivity contribution in [2.45, 2.75) is 32.2 Å². The van der Waals surface area contributed by atoms with Gasteiger partial charge < -0.3 is 9.64 Å². The summed E-state index contributed by atoms with van der Waals surface area (Å²) in [5.41, 5.74) is 4.13. The van der Waals surface area contributed by atoms with Crippen molar-refractivity contribution in [3.63, 3.8) is 0 Å². The molecule has 1 fully saturated rings. The van der Waals surface area contributed by atoms with Crippen LogP contribution in [0.3, 0.4) is 0 Å². The van der Waals surface area contributed by atoms with Gasteiger partial charge in [-0.2, -0.15) is 5.10 Å². The van der Waals surface area contributed by atoms with Crippen molar-refractivity contribution in [2.75, 3.05) is 13.2 Å². The molecule has 0 radical (unpaired) electrons. The van der Waals surface area contributed by atoms with E-state index in [2.05, 4.69) is 16.9 Å². The molecule has 0 N–H and O–H groups in total. The fraction of sp³-hybridized carbons (Fsp3) is 0.280. The molecule has 4 heterocycles. The van der Waals surface area contributed by atoms with Crippen LogP contribution in [0.5, 0.6) is 6.01 Å². The minimum absolute atomic E-state index is 0.0154. The molecule has 0 aliphatic carbocycles. The summed E-state index contributed by atoms with van der Waals surface area (Å²) in [5.74, 6) is -0.0154. The zero-order chi connectivity index (χ0) is 21.9. The van der Waals surface area contributed by atoms with Gasteiger partial charge in [-0.1, -0.05) is 43.3 Å². The van der Waals surface area contributed by atoms with E-state index in [1.54, 1.807) is 16.9 Å². The van der Waals surface area contributed by atoms with Crippen molar-refractivity contribution in [3.8, 4) is 17.3 Å². The van der Waals surface area contributed by atoms with Crippen LogP contribution >= 0.6 is 0 Å². The predicted octanol–water partition coefficient (Wildman–Crippen LogP) is 4.04. The molecule has 7 nitrogen and oxygen atoms in total. The Hall–Kier alpha value is -3.74. The number of aromatic nitrogens is 4. The number of fused-ring (bicyclic) bond motifs is 1. The fourth-order valence-corrected chi connectivity index (χ4v) is 4.20. The number of carbonyl (C=O) groups excluding carboxylic acids is 1. The van der Waals surface area contributed by atoms with E-state index in [9.17, 15) is 4.79 Å². The number of benzene rings is 1. The Morgan fingerprint density at radius 2 is 1.88 bits per heavy atom. The molecule has 32 heavy (non-hydrogen) atoms. The van der Waals surface area contributed by atoms with Crippen LogP contribution in [0.15, 0.2) is 67.1 Å². The highest BCUT2D eigenvalue weighted by molar-refractivity contribution is 6.06. The lowest BCUT2D eigenvalue weighted by atomic mass is 10.1. The molecule has 1 aliphatic rings. The number of hydrogen-bond acceptors (Lipinski definition) is 5. The van der Waals surface area contributed by atoms with Crippen LogP contribution in [0.25, 0.3) is 16.8 Å². The van der Waals surface area contributed by atoms with E-state index in [-0.39, 0.29) is 11.9 Å². The van der Waals surface area contributed by atoms with E-state index in [0.717, 1.165) is 35.9 Å². The van der Waals surface area contributed by atoms with Crippen LogP contribution in [-0.4, -0.2) is 49.6 Å².